The van der Waals surface area contributed by atoms with Gasteiger partial charge < -0.3 is 4.42 Å². The zero-order valence-corrected chi connectivity index (χ0v) is 7.85. The molecule has 0 amide bonds. The molecule has 1 aromatic heterocycles. The number of hydrogen-bond donors (Lipinski definition) is 0. The zero-order chi connectivity index (χ0) is 9.54. The maximum absolute atomic E-state index is 12.0. The van der Waals surface area contributed by atoms with Crippen LogP contribution in [0.15, 0.2) is 35.0 Å². The first kappa shape index (κ1) is 8.04. The van der Waals surface area contributed by atoms with Crippen molar-refractivity contribution in [1.29, 1.82) is 0 Å². The van der Waals surface area contributed by atoms with E-state index in [1.54, 1.807) is 18.4 Å². The third kappa shape index (κ3) is 1.07. The number of Topliss-reactive ketones (excluding diaryl/α,β-unsaturated/α-hetero) is 1. The Hall–Kier alpha value is -1.31. The highest BCUT2D eigenvalue weighted by molar-refractivity contribution is 5.96. The van der Waals surface area contributed by atoms with Crippen molar-refractivity contribution in [3.63, 3.8) is 0 Å². The summed E-state index contributed by atoms with van der Waals surface area (Å²) in [6, 6.07) is 3.54. The minimum absolute atomic E-state index is 0.177. The van der Waals surface area contributed by atoms with Gasteiger partial charge in [-0.05, 0) is 36.8 Å². The van der Waals surface area contributed by atoms with Crippen LogP contribution in [0.3, 0.4) is 0 Å². The van der Waals surface area contributed by atoms with Gasteiger partial charge in [0, 0.05) is 5.92 Å². The van der Waals surface area contributed by atoms with Crippen LogP contribution in [0.1, 0.15) is 23.4 Å². The molecule has 0 aliphatic heterocycles. The summed E-state index contributed by atoms with van der Waals surface area (Å²) in [6.07, 6.45) is 8.18. The fraction of sp³-hybridized carbons (Fsp3) is 0.417. The van der Waals surface area contributed by atoms with Crippen molar-refractivity contribution in [3.05, 3.63) is 36.3 Å². The van der Waals surface area contributed by atoms with E-state index in [4.69, 9.17) is 4.42 Å². The predicted octanol–water partition coefficient (Wildman–Crippen LogP) is 2.67. The van der Waals surface area contributed by atoms with E-state index in [2.05, 4.69) is 12.2 Å². The molecule has 1 aromatic rings. The summed E-state index contributed by atoms with van der Waals surface area (Å²) in [7, 11) is 0. The molecule has 1 heterocycles. The Bertz CT molecular complexity index is 375. The fourth-order valence-corrected chi connectivity index (χ4v) is 2.68. The van der Waals surface area contributed by atoms with Crippen LogP contribution in [-0.4, -0.2) is 5.78 Å². The number of fused-ring (bicyclic) bond motifs is 2. The van der Waals surface area contributed by atoms with Crippen molar-refractivity contribution < 1.29 is 9.21 Å². The smallest absolute Gasteiger partial charge is 0.201 e. The second kappa shape index (κ2) is 2.84. The molecule has 3 rings (SSSR count). The number of carbonyl (C=O) groups is 1. The molecule has 2 nitrogen and oxygen atoms in total. The van der Waals surface area contributed by atoms with Gasteiger partial charge in [-0.1, -0.05) is 12.2 Å². The summed E-state index contributed by atoms with van der Waals surface area (Å²) in [4.78, 5) is 12.0. The molecule has 0 saturated heterocycles. The molecule has 2 heteroatoms. The van der Waals surface area contributed by atoms with Crippen LogP contribution < -0.4 is 0 Å². The Morgan fingerprint density at radius 2 is 2.29 bits per heavy atom. The number of allylic oxidation sites excluding steroid dienone is 2. The number of furan rings is 1. The first-order valence-corrected chi connectivity index (χ1v) is 5.10. The van der Waals surface area contributed by atoms with Crippen molar-refractivity contribution in [2.75, 3.05) is 0 Å². The molecular formula is C12H12O2. The Labute approximate surface area is 82.6 Å². The Morgan fingerprint density at radius 1 is 1.36 bits per heavy atom. The predicted molar refractivity (Wildman–Crippen MR) is 51.9 cm³/mol. The van der Waals surface area contributed by atoms with Crippen molar-refractivity contribution >= 4 is 5.78 Å². The first-order valence-electron chi connectivity index (χ1n) is 5.10. The lowest BCUT2D eigenvalue weighted by Crippen LogP contribution is -2.18. The maximum Gasteiger partial charge on any atom is 0.201 e. The molecule has 1 fully saturated rings. The summed E-state index contributed by atoms with van der Waals surface area (Å²) in [6.45, 7) is 0. The second-order valence-electron chi connectivity index (χ2n) is 4.23. The molecule has 0 radical (unpaired) electrons. The van der Waals surface area contributed by atoms with E-state index in [1.807, 2.05) is 0 Å². The van der Waals surface area contributed by atoms with Crippen LogP contribution in [0.4, 0.5) is 0 Å². The highest BCUT2D eigenvalue weighted by Gasteiger charge is 2.40. The van der Waals surface area contributed by atoms with Gasteiger partial charge in [0.2, 0.25) is 5.78 Å². The summed E-state index contributed by atoms with van der Waals surface area (Å²) in [5.74, 6) is 2.00. The van der Waals surface area contributed by atoms with Crippen molar-refractivity contribution in [2.45, 2.75) is 12.8 Å². The van der Waals surface area contributed by atoms with E-state index in [1.165, 1.54) is 0 Å². The molecule has 3 atom stereocenters. The van der Waals surface area contributed by atoms with Crippen LogP contribution in [0.25, 0.3) is 0 Å². The van der Waals surface area contributed by atoms with E-state index >= 15 is 0 Å². The van der Waals surface area contributed by atoms with Crippen molar-refractivity contribution in [2.24, 2.45) is 17.8 Å². The topological polar surface area (TPSA) is 30.2 Å². The van der Waals surface area contributed by atoms with E-state index < -0.39 is 0 Å². The lowest BCUT2D eigenvalue weighted by Gasteiger charge is -2.14. The van der Waals surface area contributed by atoms with Gasteiger partial charge in [-0.25, -0.2) is 0 Å². The second-order valence-corrected chi connectivity index (χ2v) is 4.23. The average molecular weight is 188 g/mol. The summed E-state index contributed by atoms with van der Waals surface area (Å²) < 4.78 is 5.14. The van der Waals surface area contributed by atoms with E-state index in [0.29, 0.717) is 17.6 Å². The lowest BCUT2D eigenvalue weighted by atomic mass is 9.89. The largest absolute Gasteiger partial charge is 0.461 e. The van der Waals surface area contributed by atoms with Crippen LogP contribution >= 0.6 is 0 Å². The van der Waals surface area contributed by atoms with Gasteiger partial charge in [0.15, 0.2) is 5.76 Å². The van der Waals surface area contributed by atoms with Crippen LogP contribution in [-0.2, 0) is 0 Å². The van der Waals surface area contributed by atoms with Crippen LogP contribution in [0.5, 0.6) is 0 Å². The molecule has 0 spiro atoms. The molecule has 2 aliphatic rings. The summed E-state index contributed by atoms with van der Waals surface area (Å²) in [5, 5.41) is 0. The van der Waals surface area contributed by atoms with Crippen LogP contribution in [0, 0.1) is 17.8 Å². The molecule has 72 valence electrons. The number of ketones is 1. The molecule has 2 bridgehead atoms. The fourth-order valence-electron chi connectivity index (χ4n) is 2.68. The van der Waals surface area contributed by atoms with Gasteiger partial charge in [0.1, 0.15) is 0 Å². The van der Waals surface area contributed by atoms with Gasteiger partial charge >= 0.3 is 0 Å². The molecule has 14 heavy (non-hydrogen) atoms. The minimum Gasteiger partial charge on any atom is -0.461 e. The Kier molecular flexibility index (Phi) is 1.63. The standard InChI is InChI=1S/C12H12O2/c13-12(11-2-1-5-14-11)10-7-8-3-4-9(10)6-8/h1-5,8-10H,6-7H2. The summed E-state index contributed by atoms with van der Waals surface area (Å²) in [5.41, 5.74) is 0. The van der Waals surface area contributed by atoms with Gasteiger partial charge in [0.05, 0.1) is 6.26 Å². The normalized spacial score (nSPS) is 33.9. The van der Waals surface area contributed by atoms with Crippen molar-refractivity contribution in [3.8, 4) is 0 Å². The van der Waals surface area contributed by atoms with Gasteiger partial charge in [-0.3, -0.25) is 4.79 Å². The van der Waals surface area contributed by atoms with E-state index in [0.717, 1.165) is 12.8 Å². The molecule has 0 N–H and O–H groups in total. The number of hydrogen-bond acceptors (Lipinski definition) is 2. The average Bonchev–Trinajstić information content (AvgIpc) is 2.93. The van der Waals surface area contributed by atoms with Gasteiger partial charge in [-0.2, -0.15) is 0 Å². The van der Waals surface area contributed by atoms with Gasteiger partial charge in [0.25, 0.3) is 0 Å². The van der Waals surface area contributed by atoms with Crippen molar-refractivity contribution in [1.82, 2.24) is 0 Å². The zero-order valence-electron chi connectivity index (χ0n) is 7.85. The molecular weight excluding hydrogens is 176 g/mol. The first-order chi connectivity index (χ1) is 6.84. The van der Waals surface area contributed by atoms with E-state index in [-0.39, 0.29) is 11.7 Å². The highest BCUT2D eigenvalue weighted by Crippen LogP contribution is 2.44. The molecule has 3 unspecified atom stereocenters. The third-order valence-electron chi connectivity index (χ3n) is 3.38. The maximum atomic E-state index is 12.0. The highest BCUT2D eigenvalue weighted by atomic mass is 16.3. The monoisotopic (exact) mass is 188 g/mol. The Balaban J connectivity index is 1.84. The van der Waals surface area contributed by atoms with Gasteiger partial charge in [-0.15, -0.1) is 0 Å². The number of rotatable bonds is 2. The SMILES string of the molecule is O=C(c1ccco1)C1CC2C=CC1C2. The molecule has 1 saturated carbocycles. The lowest BCUT2D eigenvalue weighted by molar-refractivity contribution is 0.0872. The Morgan fingerprint density at radius 3 is 2.86 bits per heavy atom. The van der Waals surface area contributed by atoms with Crippen LogP contribution in [0.2, 0.25) is 0 Å². The molecule has 2 aliphatic carbocycles. The number of carbonyl (C=O) groups excluding carboxylic acids is 1. The minimum atomic E-state index is 0.177. The quantitative estimate of drug-likeness (QED) is 0.527. The molecule has 0 aromatic carbocycles. The van der Waals surface area contributed by atoms with E-state index in [9.17, 15) is 4.79 Å². The summed E-state index contributed by atoms with van der Waals surface area (Å²) >= 11 is 0. The third-order valence-corrected chi connectivity index (χ3v) is 3.38.